The third-order valence-corrected chi connectivity index (χ3v) is 3.80. The molecule has 0 unspecified atom stereocenters. The van der Waals surface area contributed by atoms with E-state index < -0.39 is 0 Å². The highest BCUT2D eigenvalue weighted by Crippen LogP contribution is 2.28. The third-order valence-electron chi connectivity index (χ3n) is 3.80. The molecule has 1 aromatic heterocycles. The van der Waals surface area contributed by atoms with Gasteiger partial charge in [0.1, 0.15) is 17.5 Å². The molecule has 0 spiro atoms. The van der Waals surface area contributed by atoms with Crippen LogP contribution in [0.1, 0.15) is 16.1 Å². The van der Waals surface area contributed by atoms with E-state index in [4.69, 9.17) is 10.00 Å². The van der Waals surface area contributed by atoms with Crippen LogP contribution in [0.3, 0.4) is 0 Å². The van der Waals surface area contributed by atoms with Crippen molar-refractivity contribution in [2.75, 3.05) is 12.4 Å². The molecule has 0 atom stereocenters. The number of nitriles is 1. The van der Waals surface area contributed by atoms with Gasteiger partial charge in [0.2, 0.25) is 0 Å². The molecule has 3 rings (SSSR count). The van der Waals surface area contributed by atoms with Crippen molar-refractivity contribution >= 4 is 22.5 Å². The zero-order chi connectivity index (χ0) is 16.4. The topological polar surface area (TPSA) is 67.0 Å². The number of para-hydroxylation sites is 1. The Morgan fingerprint density at radius 3 is 2.74 bits per heavy atom. The third kappa shape index (κ3) is 2.51. The number of amides is 1. The van der Waals surface area contributed by atoms with Gasteiger partial charge in [-0.2, -0.15) is 5.26 Å². The molecule has 0 fully saturated rings. The zero-order valence-electron chi connectivity index (χ0n) is 12.8. The van der Waals surface area contributed by atoms with Crippen molar-refractivity contribution in [2.45, 2.75) is 0 Å². The summed E-state index contributed by atoms with van der Waals surface area (Å²) in [5.41, 5.74) is 2.33. The summed E-state index contributed by atoms with van der Waals surface area (Å²) in [6.45, 7) is 0. The predicted octanol–water partition coefficient (Wildman–Crippen LogP) is 3.31. The normalized spacial score (nSPS) is 10.3. The van der Waals surface area contributed by atoms with Crippen molar-refractivity contribution in [3.63, 3.8) is 0 Å². The summed E-state index contributed by atoms with van der Waals surface area (Å²) < 4.78 is 7.15. The van der Waals surface area contributed by atoms with Gasteiger partial charge in [0.25, 0.3) is 5.91 Å². The minimum Gasteiger partial charge on any atom is -0.496 e. The van der Waals surface area contributed by atoms with Crippen LogP contribution in [-0.4, -0.2) is 17.6 Å². The molecule has 0 bridgehead atoms. The maximum Gasteiger partial charge on any atom is 0.272 e. The Hall–Kier alpha value is -3.26. The van der Waals surface area contributed by atoms with Gasteiger partial charge in [-0.15, -0.1) is 0 Å². The second kappa shape index (κ2) is 5.85. The van der Waals surface area contributed by atoms with Gasteiger partial charge in [-0.05, 0) is 30.3 Å². The van der Waals surface area contributed by atoms with Crippen molar-refractivity contribution in [1.82, 2.24) is 4.57 Å². The van der Waals surface area contributed by atoms with E-state index in [1.807, 2.05) is 29.8 Å². The molecule has 0 aliphatic heterocycles. The summed E-state index contributed by atoms with van der Waals surface area (Å²) in [6, 6.07) is 16.4. The number of benzene rings is 2. The van der Waals surface area contributed by atoms with E-state index in [0.717, 1.165) is 16.7 Å². The number of aryl methyl sites for hydroxylation is 1. The van der Waals surface area contributed by atoms with E-state index in [9.17, 15) is 4.79 Å². The number of hydrogen-bond acceptors (Lipinski definition) is 3. The number of ether oxygens (including phenoxy) is 1. The fourth-order valence-electron chi connectivity index (χ4n) is 2.61. The average molecular weight is 305 g/mol. The maximum atomic E-state index is 12.6. The lowest BCUT2D eigenvalue weighted by atomic mass is 10.2. The monoisotopic (exact) mass is 305 g/mol. The summed E-state index contributed by atoms with van der Waals surface area (Å²) in [7, 11) is 3.43. The number of methoxy groups -OCH3 is 1. The van der Waals surface area contributed by atoms with Crippen LogP contribution in [0.4, 0.5) is 5.69 Å². The predicted molar refractivity (Wildman–Crippen MR) is 88.6 cm³/mol. The lowest BCUT2D eigenvalue weighted by molar-refractivity contribution is 0.101. The molecule has 3 aromatic rings. The first kappa shape index (κ1) is 14.7. The van der Waals surface area contributed by atoms with E-state index >= 15 is 0 Å². The van der Waals surface area contributed by atoms with Crippen LogP contribution >= 0.6 is 0 Å². The molecule has 1 heterocycles. The van der Waals surface area contributed by atoms with Crippen LogP contribution in [0.5, 0.6) is 5.75 Å². The van der Waals surface area contributed by atoms with Crippen LogP contribution in [0, 0.1) is 11.3 Å². The van der Waals surface area contributed by atoms with E-state index in [1.165, 1.54) is 0 Å². The molecule has 1 amide bonds. The minimum atomic E-state index is -0.270. The second-order valence-electron chi connectivity index (χ2n) is 5.09. The van der Waals surface area contributed by atoms with Crippen molar-refractivity contribution in [3.05, 3.63) is 59.8 Å². The molecule has 2 aromatic carbocycles. The standard InChI is InChI=1S/C18H15N3O2/c1-21-15-8-5-9-17(23-2)13(15)10-16(21)18(22)20-14-7-4-3-6-12(14)11-19/h3-10H,1-2H3,(H,20,22). The second-order valence-corrected chi connectivity index (χ2v) is 5.09. The fraction of sp³-hybridized carbons (Fsp3) is 0.111. The number of nitrogens with zero attached hydrogens (tertiary/aromatic N) is 2. The molecule has 0 aliphatic carbocycles. The molecule has 23 heavy (non-hydrogen) atoms. The lowest BCUT2D eigenvalue weighted by Gasteiger charge is -2.07. The van der Waals surface area contributed by atoms with E-state index in [0.29, 0.717) is 16.9 Å². The molecule has 114 valence electrons. The summed E-state index contributed by atoms with van der Waals surface area (Å²) in [6.07, 6.45) is 0. The first-order valence-electron chi connectivity index (χ1n) is 7.08. The highest BCUT2D eigenvalue weighted by atomic mass is 16.5. The molecule has 1 N–H and O–H groups in total. The molecule has 5 nitrogen and oxygen atoms in total. The number of aromatic nitrogens is 1. The quantitative estimate of drug-likeness (QED) is 0.807. The molecular weight excluding hydrogens is 290 g/mol. The van der Waals surface area contributed by atoms with Gasteiger partial charge < -0.3 is 14.6 Å². The lowest BCUT2D eigenvalue weighted by Crippen LogP contribution is -2.16. The van der Waals surface area contributed by atoms with Gasteiger partial charge in [-0.25, -0.2) is 0 Å². The fourth-order valence-corrected chi connectivity index (χ4v) is 2.61. The van der Waals surface area contributed by atoms with Crippen molar-refractivity contribution in [3.8, 4) is 11.8 Å². The van der Waals surface area contributed by atoms with Crippen LogP contribution in [0.25, 0.3) is 10.9 Å². The number of hydrogen-bond donors (Lipinski definition) is 1. The zero-order valence-corrected chi connectivity index (χ0v) is 12.8. The summed E-state index contributed by atoms with van der Waals surface area (Å²) in [5.74, 6) is 0.447. The van der Waals surface area contributed by atoms with Crippen LogP contribution in [-0.2, 0) is 7.05 Å². The van der Waals surface area contributed by atoms with Crippen LogP contribution < -0.4 is 10.1 Å². The van der Waals surface area contributed by atoms with Gasteiger partial charge in [0.15, 0.2) is 0 Å². The summed E-state index contributed by atoms with van der Waals surface area (Å²) in [4.78, 5) is 12.6. The van der Waals surface area contributed by atoms with Crippen molar-refractivity contribution < 1.29 is 9.53 Å². The van der Waals surface area contributed by atoms with E-state index in [1.54, 1.807) is 37.4 Å². The van der Waals surface area contributed by atoms with Gasteiger partial charge in [0.05, 0.1) is 23.9 Å². The highest BCUT2D eigenvalue weighted by Gasteiger charge is 2.16. The Balaban J connectivity index is 2.02. The maximum absolute atomic E-state index is 12.6. The van der Waals surface area contributed by atoms with Crippen molar-refractivity contribution in [2.24, 2.45) is 7.05 Å². The number of carbonyl (C=O) groups excluding carboxylic acids is 1. The molecule has 0 saturated carbocycles. The SMILES string of the molecule is COc1cccc2c1cc(C(=O)Nc1ccccc1C#N)n2C. The largest absolute Gasteiger partial charge is 0.496 e. The van der Waals surface area contributed by atoms with Gasteiger partial charge in [-0.1, -0.05) is 18.2 Å². The summed E-state index contributed by atoms with van der Waals surface area (Å²) in [5, 5.41) is 12.8. The van der Waals surface area contributed by atoms with Gasteiger partial charge in [-0.3, -0.25) is 4.79 Å². The Bertz CT molecular complexity index is 935. The van der Waals surface area contributed by atoms with E-state index in [-0.39, 0.29) is 5.91 Å². The number of rotatable bonds is 3. The van der Waals surface area contributed by atoms with Crippen LogP contribution in [0.15, 0.2) is 48.5 Å². The smallest absolute Gasteiger partial charge is 0.272 e. The van der Waals surface area contributed by atoms with E-state index in [2.05, 4.69) is 11.4 Å². The number of nitrogens with one attached hydrogen (secondary N) is 1. The molecule has 0 aliphatic rings. The Morgan fingerprint density at radius 1 is 1.22 bits per heavy atom. The average Bonchev–Trinajstić information content (AvgIpc) is 2.92. The van der Waals surface area contributed by atoms with Gasteiger partial charge in [0, 0.05) is 12.4 Å². The number of fused-ring (bicyclic) bond motifs is 1. The van der Waals surface area contributed by atoms with Gasteiger partial charge >= 0.3 is 0 Å². The highest BCUT2D eigenvalue weighted by molar-refractivity contribution is 6.07. The Kier molecular flexibility index (Phi) is 3.73. The molecule has 0 radical (unpaired) electrons. The van der Waals surface area contributed by atoms with Crippen molar-refractivity contribution in [1.29, 1.82) is 5.26 Å². The number of carbonyl (C=O) groups is 1. The Labute approximate surface area is 133 Å². The Morgan fingerprint density at radius 2 is 2.00 bits per heavy atom. The molecular formula is C18H15N3O2. The first-order valence-corrected chi connectivity index (χ1v) is 7.08. The number of anilines is 1. The van der Waals surface area contributed by atoms with Crippen LogP contribution in [0.2, 0.25) is 0 Å². The molecule has 0 saturated heterocycles. The molecule has 5 heteroatoms. The first-order chi connectivity index (χ1) is 11.2. The minimum absolute atomic E-state index is 0.270. The summed E-state index contributed by atoms with van der Waals surface area (Å²) >= 11 is 0.